The van der Waals surface area contributed by atoms with Gasteiger partial charge in [-0.1, -0.05) is 70.2 Å². The van der Waals surface area contributed by atoms with Crippen LogP contribution in [-0.2, 0) is 4.79 Å². The number of amidine groups is 1. The third-order valence-electron chi connectivity index (χ3n) is 3.03. The van der Waals surface area contributed by atoms with E-state index in [-0.39, 0.29) is 11.2 Å². The summed E-state index contributed by atoms with van der Waals surface area (Å²) >= 11 is 4.76. The van der Waals surface area contributed by atoms with E-state index in [0.717, 1.165) is 15.6 Å². The van der Waals surface area contributed by atoms with Crippen LogP contribution in [-0.4, -0.2) is 17.3 Å². The molecule has 1 heterocycles. The van der Waals surface area contributed by atoms with E-state index in [1.165, 1.54) is 11.8 Å². The van der Waals surface area contributed by atoms with E-state index in [4.69, 9.17) is 0 Å². The molecule has 22 heavy (non-hydrogen) atoms. The molecule has 1 amide bonds. The van der Waals surface area contributed by atoms with Crippen LogP contribution in [0.15, 0.2) is 69.3 Å². The highest BCUT2D eigenvalue weighted by Gasteiger charge is 2.31. The maximum Gasteiger partial charge on any atom is 0.244 e. The number of hydrogen-bond donors (Lipinski definition) is 1. The normalized spacial score (nSPS) is 19.8. The molecule has 0 unspecified atom stereocenters. The second kappa shape index (κ2) is 6.89. The minimum absolute atomic E-state index is 0.0613. The Balaban J connectivity index is 1.69. The molecule has 0 bridgehead atoms. The Morgan fingerprint density at radius 1 is 1.09 bits per heavy atom. The first-order valence-electron chi connectivity index (χ1n) is 6.61. The van der Waals surface area contributed by atoms with Gasteiger partial charge in [0.1, 0.15) is 5.25 Å². The molecule has 1 aliphatic heterocycles. The summed E-state index contributed by atoms with van der Waals surface area (Å²) in [7, 11) is 0. The third-order valence-corrected chi connectivity index (χ3v) is 4.68. The first-order chi connectivity index (χ1) is 10.7. The molecule has 6 heteroatoms. The van der Waals surface area contributed by atoms with Crippen molar-refractivity contribution in [2.45, 2.75) is 5.25 Å². The van der Waals surface area contributed by atoms with Gasteiger partial charge >= 0.3 is 0 Å². The summed E-state index contributed by atoms with van der Waals surface area (Å²) in [6.45, 7) is 0. The van der Waals surface area contributed by atoms with Crippen molar-refractivity contribution in [2.24, 2.45) is 10.2 Å². The Hall–Kier alpha value is -1.92. The number of carbonyl (C=O) groups is 1. The van der Waals surface area contributed by atoms with Gasteiger partial charge in [0.25, 0.3) is 0 Å². The van der Waals surface area contributed by atoms with Crippen LogP contribution in [0.3, 0.4) is 0 Å². The van der Waals surface area contributed by atoms with Crippen molar-refractivity contribution < 1.29 is 4.79 Å². The largest absolute Gasteiger partial charge is 0.302 e. The van der Waals surface area contributed by atoms with Crippen LogP contribution in [0.1, 0.15) is 16.4 Å². The van der Waals surface area contributed by atoms with Crippen molar-refractivity contribution in [3.63, 3.8) is 0 Å². The highest BCUT2D eigenvalue weighted by atomic mass is 79.9. The van der Waals surface area contributed by atoms with E-state index in [9.17, 15) is 4.79 Å². The van der Waals surface area contributed by atoms with Crippen LogP contribution in [0.5, 0.6) is 0 Å². The lowest BCUT2D eigenvalue weighted by Gasteiger charge is -2.03. The van der Waals surface area contributed by atoms with E-state index < -0.39 is 0 Å². The van der Waals surface area contributed by atoms with Gasteiger partial charge in [-0.3, -0.25) is 4.79 Å². The fourth-order valence-corrected chi connectivity index (χ4v) is 3.16. The first kappa shape index (κ1) is 15.0. The zero-order valence-electron chi connectivity index (χ0n) is 11.4. The van der Waals surface area contributed by atoms with Crippen molar-refractivity contribution in [3.8, 4) is 0 Å². The van der Waals surface area contributed by atoms with Gasteiger partial charge in [-0.25, -0.2) is 0 Å². The lowest BCUT2D eigenvalue weighted by atomic mass is 10.1. The Bertz CT molecular complexity index is 729. The van der Waals surface area contributed by atoms with Gasteiger partial charge < -0.3 is 5.32 Å². The van der Waals surface area contributed by atoms with Gasteiger partial charge in [0.05, 0.1) is 6.21 Å². The number of nitrogens with zero attached hydrogens (tertiary/aromatic N) is 2. The highest BCUT2D eigenvalue weighted by molar-refractivity contribution is 9.10. The minimum Gasteiger partial charge on any atom is -0.302 e. The average Bonchev–Trinajstić information content (AvgIpc) is 2.91. The summed E-state index contributed by atoms with van der Waals surface area (Å²) in [4.78, 5) is 12.0. The first-order valence-corrected chi connectivity index (χ1v) is 8.29. The highest BCUT2D eigenvalue weighted by Crippen LogP contribution is 2.34. The molecule has 3 rings (SSSR count). The summed E-state index contributed by atoms with van der Waals surface area (Å²) in [5.41, 5.74) is 1.91. The van der Waals surface area contributed by atoms with E-state index in [2.05, 4.69) is 31.4 Å². The SMILES string of the molecule is O=C1N/C(=N/N=C/c2ccc(Br)cc2)S[C@@H]1c1ccccc1. The zero-order chi connectivity index (χ0) is 15.4. The molecule has 1 fully saturated rings. The number of thioether (sulfide) groups is 1. The Morgan fingerprint density at radius 3 is 2.55 bits per heavy atom. The van der Waals surface area contributed by atoms with Gasteiger partial charge in [0.2, 0.25) is 5.91 Å². The maximum absolute atomic E-state index is 12.0. The number of benzene rings is 2. The molecule has 2 aromatic rings. The number of rotatable bonds is 3. The summed E-state index contributed by atoms with van der Waals surface area (Å²) in [6.07, 6.45) is 1.65. The number of halogens is 1. The number of carbonyl (C=O) groups excluding carboxylic acids is 1. The van der Waals surface area contributed by atoms with Crippen LogP contribution in [0.25, 0.3) is 0 Å². The summed E-state index contributed by atoms with van der Waals surface area (Å²) < 4.78 is 1.01. The van der Waals surface area contributed by atoms with Crippen LogP contribution in [0, 0.1) is 0 Å². The van der Waals surface area contributed by atoms with Crippen LogP contribution < -0.4 is 5.32 Å². The number of hydrogen-bond acceptors (Lipinski definition) is 4. The Kier molecular flexibility index (Phi) is 4.70. The van der Waals surface area contributed by atoms with Gasteiger partial charge in [-0.2, -0.15) is 5.10 Å². The monoisotopic (exact) mass is 373 g/mol. The van der Waals surface area contributed by atoms with Gasteiger partial charge in [-0.05, 0) is 23.3 Å². The van der Waals surface area contributed by atoms with Gasteiger partial charge in [0.15, 0.2) is 5.17 Å². The van der Waals surface area contributed by atoms with Crippen molar-refractivity contribution in [2.75, 3.05) is 0 Å². The van der Waals surface area contributed by atoms with Crippen molar-refractivity contribution >= 4 is 45.0 Å². The van der Waals surface area contributed by atoms with Crippen molar-refractivity contribution in [3.05, 3.63) is 70.2 Å². The molecular formula is C16H12BrN3OS. The van der Waals surface area contributed by atoms with Crippen molar-refractivity contribution in [1.29, 1.82) is 0 Å². The van der Waals surface area contributed by atoms with Crippen LogP contribution in [0.2, 0.25) is 0 Å². The molecule has 1 N–H and O–H groups in total. The van der Waals surface area contributed by atoms with Gasteiger partial charge in [-0.15, -0.1) is 5.10 Å². The minimum atomic E-state index is -0.261. The Morgan fingerprint density at radius 2 is 1.82 bits per heavy atom. The van der Waals surface area contributed by atoms with E-state index in [0.29, 0.717) is 5.17 Å². The maximum atomic E-state index is 12.0. The molecule has 0 spiro atoms. The molecular weight excluding hydrogens is 362 g/mol. The molecule has 110 valence electrons. The summed E-state index contributed by atoms with van der Waals surface area (Å²) in [5.74, 6) is -0.0613. The second-order valence-electron chi connectivity index (χ2n) is 4.60. The summed E-state index contributed by atoms with van der Waals surface area (Å²) in [6, 6.07) is 17.4. The topological polar surface area (TPSA) is 53.8 Å². The lowest BCUT2D eigenvalue weighted by Crippen LogP contribution is -2.21. The van der Waals surface area contributed by atoms with E-state index >= 15 is 0 Å². The fraction of sp³-hybridized carbons (Fsp3) is 0.0625. The fourth-order valence-electron chi connectivity index (χ4n) is 1.96. The summed E-state index contributed by atoms with van der Waals surface area (Å²) in [5, 5.41) is 11.1. The predicted molar refractivity (Wildman–Crippen MR) is 94.1 cm³/mol. The molecule has 0 aliphatic carbocycles. The van der Waals surface area contributed by atoms with Crippen molar-refractivity contribution in [1.82, 2.24) is 5.32 Å². The number of amides is 1. The third kappa shape index (κ3) is 3.64. The predicted octanol–water partition coefficient (Wildman–Crippen LogP) is 3.74. The molecule has 2 aromatic carbocycles. The average molecular weight is 374 g/mol. The Labute approximate surface area is 140 Å². The standard InChI is InChI=1S/C16H12BrN3OS/c17-13-8-6-11(7-9-13)10-18-20-16-19-15(21)14(22-16)12-4-2-1-3-5-12/h1-10,14H,(H,19,20,21)/b18-10+/t14-/m1/s1. The molecule has 1 saturated heterocycles. The molecule has 0 saturated carbocycles. The molecule has 0 aromatic heterocycles. The van der Waals surface area contributed by atoms with E-state index in [1.54, 1.807) is 6.21 Å². The molecule has 1 aliphatic rings. The molecule has 4 nitrogen and oxygen atoms in total. The molecule has 1 atom stereocenters. The quantitative estimate of drug-likeness (QED) is 0.657. The van der Waals surface area contributed by atoms with Crippen LogP contribution in [0.4, 0.5) is 0 Å². The molecule has 0 radical (unpaired) electrons. The van der Waals surface area contributed by atoms with Crippen LogP contribution >= 0.6 is 27.7 Å². The van der Waals surface area contributed by atoms with Gasteiger partial charge in [0, 0.05) is 4.47 Å². The lowest BCUT2D eigenvalue weighted by molar-refractivity contribution is -0.118. The zero-order valence-corrected chi connectivity index (χ0v) is 13.8. The second-order valence-corrected chi connectivity index (χ2v) is 6.61. The van der Waals surface area contributed by atoms with E-state index in [1.807, 2.05) is 54.6 Å². The smallest absolute Gasteiger partial charge is 0.244 e. The number of nitrogens with one attached hydrogen (secondary N) is 1.